The van der Waals surface area contributed by atoms with E-state index in [0.717, 1.165) is 29.3 Å². The van der Waals surface area contributed by atoms with Crippen molar-refractivity contribution in [3.05, 3.63) is 41.7 Å². The van der Waals surface area contributed by atoms with Crippen LogP contribution in [0.25, 0.3) is 10.2 Å². The zero-order valence-electron chi connectivity index (χ0n) is 10.1. The van der Waals surface area contributed by atoms with E-state index in [2.05, 4.69) is 45.6 Å². The summed E-state index contributed by atoms with van der Waals surface area (Å²) < 4.78 is 1.24. The summed E-state index contributed by atoms with van der Waals surface area (Å²) in [6.07, 6.45) is 2.81. The minimum atomic E-state index is 0.723. The third kappa shape index (κ3) is 2.22. The fourth-order valence-corrected chi connectivity index (χ4v) is 2.74. The van der Waals surface area contributed by atoms with E-state index in [4.69, 9.17) is 0 Å². The lowest BCUT2D eigenvalue weighted by Crippen LogP contribution is -1.98. The highest BCUT2D eigenvalue weighted by Crippen LogP contribution is 2.27. The average molecular weight is 258 g/mol. The highest BCUT2D eigenvalue weighted by atomic mass is 32.1. The Labute approximate surface area is 109 Å². The molecule has 92 valence electrons. The topological polar surface area (TPSA) is 53.6 Å². The number of nitrogens with one attached hydrogen (secondary N) is 2. The number of aryl methyl sites for hydroxylation is 1. The maximum Gasteiger partial charge on any atom is 0.184 e. The molecule has 0 aliphatic rings. The van der Waals surface area contributed by atoms with Gasteiger partial charge in [-0.1, -0.05) is 24.3 Å². The van der Waals surface area contributed by atoms with Gasteiger partial charge in [0.15, 0.2) is 5.13 Å². The number of H-pyrrole nitrogens is 1. The Kier molecular flexibility index (Phi) is 2.98. The monoisotopic (exact) mass is 258 g/mol. The first-order valence-corrected chi connectivity index (χ1v) is 6.78. The van der Waals surface area contributed by atoms with Crippen molar-refractivity contribution < 1.29 is 0 Å². The van der Waals surface area contributed by atoms with Crippen molar-refractivity contribution in [3.8, 4) is 0 Å². The van der Waals surface area contributed by atoms with Crippen molar-refractivity contribution in [3.63, 3.8) is 0 Å². The Morgan fingerprint density at radius 3 is 3.06 bits per heavy atom. The molecule has 0 amide bonds. The summed E-state index contributed by atoms with van der Waals surface area (Å²) in [5, 5.41) is 11.1. The molecular formula is C13H14N4S. The molecule has 2 aromatic heterocycles. The van der Waals surface area contributed by atoms with Crippen LogP contribution in [0.2, 0.25) is 0 Å². The summed E-state index contributed by atoms with van der Waals surface area (Å²) in [7, 11) is 0. The number of hydrogen-bond donors (Lipinski definition) is 2. The Balaban J connectivity index is 1.80. The van der Waals surface area contributed by atoms with Crippen LogP contribution in [0.3, 0.4) is 0 Å². The van der Waals surface area contributed by atoms with Crippen LogP contribution in [-0.4, -0.2) is 15.2 Å². The lowest BCUT2D eigenvalue weighted by molar-refractivity contribution is 0.980. The number of thiazole rings is 1. The summed E-state index contributed by atoms with van der Waals surface area (Å²) in [5.74, 6) is 0. The van der Waals surface area contributed by atoms with Gasteiger partial charge in [-0.05, 0) is 30.2 Å². The molecule has 1 aromatic carbocycles. The zero-order chi connectivity index (χ0) is 12.4. The fourth-order valence-electron chi connectivity index (χ4n) is 1.82. The highest BCUT2D eigenvalue weighted by Gasteiger charge is 2.04. The number of hydrogen-bond acceptors (Lipinski definition) is 4. The molecule has 0 spiro atoms. The standard InChI is InChI=1S/C13H14N4S/c1-2-9-3-4-11-12(7-9)18-13(16-11)14-8-10-5-6-15-17-10/h3-7H,2,8H2,1H3,(H,14,16)(H,15,17). The van der Waals surface area contributed by atoms with E-state index in [-0.39, 0.29) is 0 Å². The lowest BCUT2D eigenvalue weighted by Gasteiger charge is -1.97. The molecule has 0 radical (unpaired) electrons. The summed E-state index contributed by atoms with van der Waals surface area (Å²) in [6, 6.07) is 8.40. The molecule has 0 aliphatic carbocycles. The first-order valence-electron chi connectivity index (χ1n) is 5.97. The number of aromatic amines is 1. The van der Waals surface area contributed by atoms with Crippen LogP contribution in [0, 0.1) is 0 Å². The van der Waals surface area contributed by atoms with Gasteiger partial charge in [-0.15, -0.1) is 0 Å². The van der Waals surface area contributed by atoms with E-state index in [9.17, 15) is 0 Å². The van der Waals surface area contributed by atoms with E-state index >= 15 is 0 Å². The van der Waals surface area contributed by atoms with Gasteiger partial charge in [-0.3, -0.25) is 5.10 Å². The molecule has 0 saturated heterocycles. The molecule has 2 heterocycles. The van der Waals surface area contributed by atoms with Gasteiger partial charge in [0.2, 0.25) is 0 Å². The third-order valence-corrected chi connectivity index (χ3v) is 3.83. The van der Waals surface area contributed by atoms with Crippen LogP contribution in [0.4, 0.5) is 5.13 Å². The first-order chi connectivity index (χ1) is 8.85. The highest BCUT2D eigenvalue weighted by molar-refractivity contribution is 7.22. The maximum atomic E-state index is 4.56. The molecule has 0 aliphatic heterocycles. The van der Waals surface area contributed by atoms with Crippen LogP contribution in [0.5, 0.6) is 0 Å². The van der Waals surface area contributed by atoms with Crippen LogP contribution >= 0.6 is 11.3 Å². The zero-order valence-corrected chi connectivity index (χ0v) is 10.9. The Morgan fingerprint density at radius 1 is 1.33 bits per heavy atom. The SMILES string of the molecule is CCc1ccc2nc(NCc3ccn[nH]3)sc2c1. The van der Waals surface area contributed by atoms with E-state index in [1.165, 1.54) is 10.3 Å². The van der Waals surface area contributed by atoms with Gasteiger partial charge in [0.1, 0.15) is 0 Å². The average Bonchev–Trinajstić information content (AvgIpc) is 3.04. The van der Waals surface area contributed by atoms with Gasteiger partial charge in [0.25, 0.3) is 0 Å². The second-order valence-corrected chi connectivity index (χ2v) is 5.14. The van der Waals surface area contributed by atoms with Gasteiger partial charge in [-0.25, -0.2) is 4.98 Å². The predicted molar refractivity (Wildman–Crippen MR) is 74.9 cm³/mol. The van der Waals surface area contributed by atoms with Crippen molar-refractivity contribution in [2.45, 2.75) is 19.9 Å². The third-order valence-electron chi connectivity index (χ3n) is 2.85. The van der Waals surface area contributed by atoms with Crippen molar-refractivity contribution in [1.29, 1.82) is 0 Å². The number of anilines is 1. The predicted octanol–water partition coefficient (Wildman–Crippen LogP) is 3.19. The van der Waals surface area contributed by atoms with Crippen LogP contribution < -0.4 is 5.32 Å². The second kappa shape index (κ2) is 4.78. The van der Waals surface area contributed by atoms with Crippen molar-refractivity contribution in [2.24, 2.45) is 0 Å². The minimum Gasteiger partial charge on any atom is -0.356 e. The summed E-state index contributed by atoms with van der Waals surface area (Å²) in [5.41, 5.74) is 3.47. The Hall–Kier alpha value is -1.88. The summed E-state index contributed by atoms with van der Waals surface area (Å²) >= 11 is 1.69. The van der Waals surface area contributed by atoms with Crippen molar-refractivity contribution in [2.75, 3.05) is 5.32 Å². The maximum absolute atomic E-state index is 4.56. The molecule has 4 nitrogen and oxygen atoms in total. The van der Waals surface area contributed by atoms with Gasteiger partial charge in [-0.2, -0.15) is 5.10 Å². The molecule has 0 bridgehead atoms. The molecule has 0 fully saturated rings. The molecule has 18 heavy (non-hydrogen) atoms. The number of nitrogens with zero attached hydrogens (tertiary/aromatic N) is 2. The van der Waals surface area contributed by atoms with E-state index in [0.29, 0.717) is 0 Å². The molecule has 0 saturated carbocycles. The molecular weight excluding hydrogens is 244 g/mol. The van der Waals surface area contributed by atoms with E-state index in [1.54, 1.807) is 17.5 Å². The molecule has 5 heteroatoms. The minimum absolute atomic E-state index is 0.723. The normalized spacial score (nSPS) is 10.9. The van der Waals surface area contributed by atoms with Crippen LogP contribution in [-0.2, 0) is 13.0 Å². The molecule has 2 N–H and O–H groups in total. The molecule has 3 rings (SSSR count). The quantitative estimate of drug-likeness (QED) is 0.755. The smallest absolute Gasteiger partial charge is 0.184 e. The Bertz CT molecular complexity index is 642. The van der Waals surface area contributed by atoms with Crippen molar-refractivity contribution >= 4 is 26.7 Å². The largest absolute Gasteiger partial charge is 0.356 e. The number of rotatable bonds is 4. The molecule has 0 unspecified atom stereocenters. The summed E-state index contributed by atoms with van der Waals surface area (Å²) in [6.45, 7) is 2.89. The fraction of sp³-hybridized carbons (Fsp3) is 0.231. The Morgan fingerprint density at radius 2 is 2.28 bits per heavy atom. The van der Waals surface area contributed by atoms with Crippen LogP contribution in [0.1, 0.15) is 18.2 Å². The first kappa shape index (κ1) is 11.2. The van der Waals surface area contributed by atoms with E-state index in [1.807, 2.05) is 6.07 Å². The van der Waals surface area contributed by atoms with Crippen LogP contribution in [0.15, 0.2) is 30.5 Å². The van der Waals surface area contributed by atoms with E-state index < -0.39 is 0 Å². The number of aromatic nitrogens is 3. The molecule has 3 aromatic rings. The van der Waals surface area contributed by atoms with Gasteiger partial charge in [0.05, 0.1) is 22.5 Å². The molecule has 0 atom stereocenters. The lowest BCUT2D eigenvalue weighted by atomic mass is 10.2. The van der Waals surface area contributed by atoms with Gasteiger partial charge in [0, 0.05) is 6.20 Å². The summed E-state index contributed by atoms with van der Waals surface area (Å²) in [4.78, 5) is 4.56. The van der Waals surface area contributed by atoms with Crippen molar-refractivity contribution in [1.82, 2.24) is 15.2 Å². The van der Waals surface area contributed by atoms with Gasteiger partial charge < -0.3 is 5.32 Å². The second-order valence-electron chi connectivity index (χ2n) is 4.11. The number of benzene rings is 1. The number of fused-ring (bicyclic) bond motifs is 1. The van der Waals surface area contributed by atoms with Gasteiger partial charge >= 0.3 is 0 Å².